The summed E-state index contributed by atoms with van der Waals surface area (Å²) < 4.78 is 18.4. The Morgan fingerprint density at radius 3 is 2.15 bits per heavy atom. The lowest BCUT2D eigenvalue weighted by Crippen LogP contribution is -2.13. The predicted octanol–water partition coefficient (Wildman–Crippen LogP) is 3.86. The average molecular weight is 273 g/mol. The third-order valence-corrected chi connectivity index (χ3v) is 3.05. The van der Waals surface area contributed by atoms with Crippen LogP contribution >= 0.6 is 0 Å². The Bertz CT molecular complexity index is 534. The summed E-state index contributed by atoms with van der Waals surface area (Å²) in [6.07, 6.45) is 0.846. The molecule has 0 radical (unpaired) electrons. The van der Waals surface area contributed by atoms with E-state index in [4.69, 9.17) is 10.5 Å². The smallest absolute Gasteiger partial charge is 0.123 e. The van der Waals surface area contributed by atoms with E-state index in [0.717, 1.165) is 16.9 Å². The van der Waals surface area contributed by atoms with Gasteiger partial charge < -0.3 is 10.5 Å². The molecule has 2 nitrogen and oxygen atoms in total. The van der Waals surface area contributed by atoms with Crippen LogP contribution in [-0.2, 0) is 6.42 Å². The van der Waals surface area contributed by atoms with Crippen LogP contribution in [0.15, 0.2) is 48.5 Å². The van der Waals surface area contributed by atoms with Gasteiger partial charge in [0.2, 0.25) is 0 Å². The highest BCUT2D eigenvalue weighted by molar-refractivity contribution is 5.30. The second-order valence-electron chi connectivity index (χ2n) is 5.17. The van der Waals surface area contributed by atoms with Crippen molar-refractivity contribution in [3.05, 3.63) is 65.5 Å². The van der Waals surface area contributed by atoms with E-state index >= 15 is 0 Å². The van der Waals surface area contributed by atoms with E-state index < -0.39 is 0 Å². The van der Waals surface area contributed by atoms with E-state index in [1.165, 1.54) is 12.1 Å². The van der Waals surface area contributed by atoms with Crippen LogP contribution in [0.1, 0.15) is 31.0 Å². The molecule has 1 unspecified atom stereocenters. The molecule has 0 bridgehead atoms. The topological polar surface area (TPSA) is 35.2 Å². The van der Waals surface area contributed by atoms with Gasteiger partial charge in [-0.25, -0.2) is 4.39 Å². The molecule has 20 heavy (non-hydrogen) atoms. The van der Waals surface area contributed by atoms with Gasteiger partial charge in [0.05, 0.1) is 6.10 Å². The van der Waals surface area contributed by atoms with Gasteiger partial charge in [0, 0.05) is 6.04 Å². The number of hydrogen-bond acceptors (Lipinski definition) is 2. The molecule has 2 rings (SSSR count). The molecule has 0 saturated heterocycles. The van der Waals surface area contributed by atoms with Crippen LogP contribution < -0.4 is 10.5 Å². The van der Waals surface area contributed by atoms with Crippen molar-refractivity contribution in [3.8, 4) is 5.75 Å². The maximum absolute atomic E-state index is 12.9. The van der Waals surface area contributed by atoms with Gasteiger partial charge in [-0.15, -0.1) is 0 Å². The fourth-order valence-electron chi connectivity index (χ4n) is 2.06. The second-order valence-corrected chi connectivity index (χ2v) is 5.17. The molecular weight excluding hydrogens is 253 g/mol. The molecule has 1 atom stereocenters. The van der Waals surface area contributed by atoms with Crippen molar-refractivity contribution in [2.24, 2.45) is 5.73 Å². The van der Waals surface area contributed by atoms with Gasteiger partial charge in [0.1, 0.15) is 11.6 Å². The monoisotopic (exact) mass is 273 g/mol. The zero-order valence-corrected chi connectivity index (χ0v) is 11.8. The molecule has 0 saturated carbocycles. The first kappa shape index (κ1) is 14.5. The fourth-order valence-corrected chi connectivity index (χ4v) is 2.06. The fraction of sp³-hybridized carbons (Fsp3) is 0.294. The van der Waals surface area contributed by atoms with Crippen LogP contribution in [0.3, 0.4) is 0 Å². The Morgan fingerprint density at radius 1 is 1.00 bits per heavy atom. The van der Waals surface area contributed by atoms with Gasteiger partial charge in [-0.1, -0.05) is 24.3 Å². The lowest BCUT2D eigenvalue weighted by molar-refractivity contribution is 0.242. The first-order valence-electron chi connectivity index (χ1n) is 6.81. The van der Waals surface area contributed by atoms with Crippen molar-refractivity contribution in [2.75, 3.05) is 0 Å². The molecule has 106 valence electrons. The van der Waals surface area contributed by atoms with Crippen molar-refractivity contribution in [1.29, 1.82) is 0 Å². The summed E-state index contributed by atoms with van der Waals surface area (Å²) in [6, 6.07) is 14.2. The van der Waals surface area contributed by atoms with Crippen LogP contribution in [0.2, 0.25) is 0 Å². The minimum absolute atomic E-state index is 0.103. The van der Waals surface area contributed by atoms with Crippen molar-refractivity contribution in [2.45, 2.75) is 32.4 Å². The molecule has 0 aliphatic heterocycles. The van der Waals surface area contributed by atoms with Gasteiger partial charge in [0.25, 0.3) is 0 Å². The maximum atomic E-state index is 12.9. The minimum Gasteiger partial charge on any atom is -0.491 e. The summed E-state index contributed by atoms with van der Waals surface area (Å²) in [5.41, 5.74) is 8.26. The molecule has 0 aromatic heterocycles. The Hall–Kier alpha value is -1.87. The molecular formula is C17H20FNO. The van der Waals surface area contributed by atoms with E-state index in [2.05, 4.69) is 0 Å². The molecule has 0 aliphatic rings. The summed E-state index contributed by atoms with van der Waals surface area (Å²) >= 11 is 0. The standard InChI is InChI=1S/C17H20FNO/c1-12(2)20-16-9-5-14(6-10-16)17(19)11-13-3-7-15(18)8-4-13/h3-10,12,17H,11,19H2,1-2H3. The Morgan fingerprint density at radius 2 is 1.60 bits per heavy atom. The molecule has 0 fully saturated rings. The third-order valence-electron chi connectivity index (χ3n) is 3.05. The highest BCUT2D eigenvalue weighted by Gasteiger charge is 2.08. The zero-order chi connectivity index (χ0) is 14.5. The molecule has 2 aromatic carbocycles. The normalized spacial score (nSPS) is 12.4. The third kappa shape index (κ3) is 4.07. The Kier molecular flexibility index (Phi) is 4.74. The van der Waals surface area contributed by atoms with Gasteiger partial charge >= 0.3 is 0 Å². The Labute approximate surface area is 119 Å². The number of benzene rings is 2. The summed E-state index contributed by atoms with van der Waals surface area (Å²) in [5.74, 6) is 0.621. The number of ether oxygens (including phenoxy) is 1. The summed E-state index contributed by atoms with van der Waals surface area (Å²) in [6.45, 7) is 3.99. The first-order chi connectivity index (χ1) is 9.54. The average Bonchev–Trinajstić information content (AvgIpc) is 2.41. The predicted molar refractivity (Wildman–Crippen MR) is 79.2 cm³/mol. The largest absolute Gasteiger partial charge is 0.491 e. The van der Waals surface area contributed by atoms with Crippen LogP contribution in [0.25, 0.3) is 0 Å². The van der Waals surface area contributed by atoms with Crippen molar-refractivity contribution in [1.82, 2.24) is 0 Å². The molecule has 0 aliphatic carbocycles. The van der Waals surface area contributed by atoms with Crippen LogP contribution in [0, 0.1) is 5.82 Å². The first-order valence-corrected chi connectivity index (χ1v) is 6.81. The van der Waals surface area contributed by atoms with Gasteiger partial charge in [-0.2, -0.15) is 0 Å². The molecule has 0 heterocycles. The number of rotatable bonds is 5. The summed E-state index contributed by atoms with van der Waals surface area (Å²) in [7, 11) is 0. The van der Waals surface area contributed by atoms with E-state index in [9.17, 15) is 4.39 Å². The zero-order valence-electron chi connectivity index (χ0n) is 11.8. The molecule has 2 N–H and O–H groups in total. The van der Waals surface area contributed by atoms with Crippen LogP contribution in [0.5, 0.6) is 5.75 Å². The van der Waals surface area contributed by atoms with Crippen LogP contribution in [0.4, 0.5) is 4.39 Å². The Balaban J connectivity index is 2.01. The SMILES string of the molecule is CC(C)Oc1ccc(C(N)Cc2ccc(F)cc2)cc1. The number of halogens is 1. The van der Waals surface area contributed by atoms with Gasteiger partial charge in [-0.05, 0) is 55.7 Å². The van der Waals surface area contributed by atoms with Crippen molar-refractivity contribution in [3.63, 3.8) is 0 Å². The van der Waals surface area contributed by atoms with E-state index in [-0.39, 0.29) is 18.0 Å². The highest BCUT2D eigenvalue weighted by atomic mass is 19.1. The van der Waals surface area contributed by atoms with Gasteiger partial charge in [0.15, 0.2) is 0 Å². The van der Waals surface area contributed by atoms with E-state index in [0.29, 0.717) is 6.42 Å². The molecule has 3 heteroatoms. The van der Waals surface area contributed by atoms with E-state index in [1.807, 2.05) is 38.1 Å². The second kappa shape index (κ2) is 6.53. The maximum Gasteiger partial charge on any atom is 0.123 e. The van der Waals surface area contributed by atoms with Crippen LogP contribution in [-0.4, -0.2) is 6.10 Å². The lowest BCUT2D eigenvalue weighted by atomic mass is 10.00. The number of nitrogens with two attached hydrogens (primary N) is 1. The van der Waals surface area contributed by atoms with E-state index in [1.54, 1.807) is 12.1 Å². The molecule has 0 spiro atoms. The van der Waals surface area contributed by atoms with Crippen molar-refractivity contribution < 1.29 is 9.13 Å². The van der Waals surface area contributed by atoms with Crippen molar-refractivity contribution >= 4 is 0 Å². The summed E-state index contributed by atoms with van der Waals surface area (Å²) in [4.78, 5) is 0. The van der Waals surface area contributed by atoms with Gasteiger partial charge in [-0.3, -0.25) is 0 Å². The molecule has 2 aromatic rings. The highest BCUT2D eigenvalue weighted by Crippen LogP contribution is 2.20. The summed E-state index contributed by atoms with van der Waals surface area (Å²) in [5, 5.41) is 0. The quantitative estimate of drug-likeness (QED) is 0.898. The number of hydrogen-bond donors (Lipinski definition) is 1. The lowest BCUT2D eigenvalue weighted by Gasteiger charge is -2.14. The minimum atomic E-state index is -0.225. The molecule has 0 amide bonds.